The van der Waals surface area contributed by atoms with Gasteiger partial charge in [-0.25, -0.2) is 4.98 Å². The van der Waals surface area contributed by atoms with E-state index in [1.54, 1.807) is 6.20 Å². The fraction of sp³-hybridized carbons (Fsp3) is 0.207. The SMILES string of the molecule is O=C(NCc1ccc2c(c1)OCO2)c1cc2c(c(-c3cccc(-c4cccnc4)c3)n1)[C@@H](CCO)NC2. The zero-order chi connectivity index (χ0) is 25.2. The van der Waals surface area contributed by atoms with Crippen molar-refractivity contribution in [2.24, 2.45) is 0 Å². The van der Waals surface area contributed by atoms with Crippen LogP contribution in [0.4, 0.5) is 0 Å². The average molecular weight is 495 g/mol. The van der Waals surface area contributed by atoms with Crippen LogP contribution >= 0.6 is 0 Å². The molecule has 8 heteroatoms. The second-order valence-electron chi connectivity index (χ2n) is 9.07. The molecule has 37 heavy (non-hydrogen) atoms. The summed E-state index contributed by atoms with van der Waals surface area (Å²) in [6.45, 7) is 1.22. The minimum absolute atomic E-state index is 0.0321. The van der Waals surface area contributed by atoms with Gasteiger partial charge in [-0.1, -0.05) is 30.3 Å². The zero-order valence-corrected chi connectivity index (χ0v) is 20.1. The van der Waals surface area contributed by atoms with Crippen LogP contribution in [0, 0.1) is 0 Å². The van der Waals surface area contributed by atoms with Crippen LogP contribution in [0.2, 0.25) is 0 Å². The van der Waals surface area contributed by atoms with Gasteiger partial charge in [-0.3, -0.25) is 9.78 Å². The molecule has 0 fully saturated rings. The lowest BCUT2D eigenvalue weighted by molar-refractivity contribution is 0.0946. The monoisotopic (exact) mass is 494 g/mol. The van der Waals surface area contributed by atoms with E-state index in [2.05, 4.69) is 21.7 Å². The molecule has 2 aromatic carbocycles. The van der Waals surface area contributed by atoms with Gasteiger partial charge >= 0.3 is 0 Å². The van der Waals surface area contributed by atoms with Gasteiger partial charge in [0.15, 0.2) is 11.5 Å². The average Bonchev–Trinajstić information content (AvgIpc) is 3.59. The highest BCUT2D eigenvalue weighted by Crippen LogP contribution is 2.37. The molecule has 6 rings (SSSR count). The number of carbonyl (C=O) groups excluding carboxylic acids is 1. The van der Waals surface area contributed by atoms with Crippen molar-refractivity contribution in [2.75, 3.05) is 13.4 Å². The molecule has 186 valence electrons. The maximum absolute atomic E-state index is 13.2. The molecule has 0 radical (unpaired) electrons. The van der Waals surface area contributed by atoms with Crippen molar-refractivity contribution in [2.45, 2.75) is 25.6 Å². The Hall–Kier alpha value is -4.27. The van der Waals surface area contributed by atoms with Crippen molar-refractivity contribution in [1.29, 1.82) is 0 Å². The highest BCUT2D eigenvalue weighted by atomic mass is 16.7. The van der Waals surface area contributed by atoms with Crippen LogP contribution in [-0.4, -0.2) is 34.4 Å². The van der Waals surface area contributed by atoms with E-state index in [-0.39, 0.29) is 25.3 Å². The Morgan fingerprint density at radius 2 is 1.89 bits per heavy atom. The molecule has 4 heterocycles. The number of pyridine rings is 2. The quantitative estimate of drug-likeness (QED) is 0.357. The maximum Gasteiger partial charge on any atom is 0.270 e. The molecule has 0 unspecified atom stereocenters. The number of amides is 1. The van der Waals surface area contributed by atoms with Gasteiger partial charge in [-0.05, 0) is 59.0 Å². The van der Waals surface area contributed by atoms with Crippen molar-refractivity contribution >= 4 is 5.91 Å². The highest BCUT2D eigenvalue weighted by Gasteiger charge is 2.28. The summed E-state index contributed by atoms with van der Waals surface area (Å²) in [4.78, 5) is 22.3. The predicted molar refractivity (Wildman–Crippen MR) is 138 cm³/mol. The highest BCUT2D eigenvalue weighted by molar-refractivity contribution is 5.93. The van der Waals surface area contributed by atoms with Gasteiger partial charge in [0.1, 0.15) is 5.69 Å². The van der Waals surface area contributed by atoms with E-state index < -0.39 is 0 Å². The van der Waals surface area contributed by atoms with Gasteiger partial charge in [-0.2, -0.15) is 0 Å². The number of rotatable bonds is 7. The molecule has 2 aliphatic heterocycles. The third-order valence-corrected chi connectivity index (χ3v) is 6.70. The van der Waals surface area contributed by atoms with Gasteiger partial charge in [0.25, 0.3) is 5.91 Å². The van der Waals surface area contributed by atoms with Gasteiger partial charge in [0.2, 0.25) is 6.79 Å². The summed E-state index contributed by atoms with van der Waals surface area (Å²) in [5, 5.41) is 16.1. The summed E-state index contributed by atoms with van der Waals surface area (Å²) in [5.74, 6) is 1.13. The van der Waals surface area contributed by atoms with Gasteiger partial charge in [0.05, 0.1) is 5.69 Å². The molecule has 1 amide bonds. The number of nitrogens with one attached hydrogen (secondary N) is 2. The lowest BCUT2D eigenvalue weighted by Gasteiger charge is -2.17. The number of aromatic nitrogens is 2. The Morgan fingerprint density at radius 1 is 1.03 bits per heavy atom. The fourth-order valence-corrected chi connectivity index (χ4v) is 4.89. The molecule has 0 saturated heterocycles. The summed E-state index contributed by atoms with van der Waals surface area (Å²) >= 11 is 0. The number of carbonyl (C=O) groups is 1. The summed E-state index contributed by atoms with van der Waals surface area (Å²) in [6.07, 6.45) is 4.14. The molecule has 0 saturated carbocycles. The molecule has 0 bridgehead atoms. The summed E-state index contributed by atoms with van der Waals surface area (Å²) < 4.78 is 10.8. The van der Waals surface area contributed by atoms with Crippen molar-refractivity contribution in [3.8, 4) is 33.9 Å². The van der Waals surface area contributed by atoms with Crippen molar-refractivity contribution in [1.82, 2.24) is 20.6 Å². The molecule has 8 nitrogen and oxygen atoms in total. The molecule has 0 spiro atoms. The van der Waals surface area contributed by atoms with Crippen LogP contribution in [0.3, 0.4) is 0 Å². The Morgan fingerprint density at radius 3 is 2.76 bits per heavy atom. The van der Waals surface area contributed by atoms with Gasteiger partial charge in [0, 0.05) is 49.3 Å². The largest absolute Gasteiger partial charge is 0.454 e. The van der Waals surface area contributed by atoms with Crippen LogP contribution in [0.25, 0.3) is 22.4 Å². The first-order valence-corrected chi connectivity index (χ1v) is 12.3. The lowest BCUT2D eigenvalue weighted by Crippen LogP contribution is -2.24. The van der Waals surface area contributed by atoms with Crippen LogP contribution in [0.1, 0.15) is 39.6 Å². The van der Waals surface area contributed by atoms with E-state index in [0.717, 1.165) is 39.1 Å². The van der Waals surface area contributed by atoms with E-state index in [4.69, 9.17) is 14.5 Å². The number of nitrogens with zero attached hydrogens (tertiary/aromatic N) is 2. The van der Waals surface area contributed by atoms with Crippen molar-refractivity contribution in [3.63, 3.8) is 0 Å². The van der Waals surface area contributed by atoms with E-state index in [1.807, 2.05) is 60.8 Å². The maximum atomic E-state index is 13.2. The summed E-state index contributed by atoms with van der Waals surface area (Å²) in [7, 11) is 0. The Balaban J connectivity index is 1.33. The normalized spacial score (nSPS) is 15.4. The van der Waals surface area contributed by atoms with Crippen molar-refractivity contribution < 1.29 is 19.4 Å². The molecular weight excluding hydrogens is 468 g/mol. The predicted octanol–water partition coefficient (Wildman–Crippen LogP) is 4.00. The second-order valence-corrected chi connectivity index (χ2v) is 9.07. The third-order valence-electron chi connectivity index (χ3n) is 6.70. The Bertz CT molecular complexity index is 1460. The van der Waals surface area contributed by atoms with Crippen LogP contribution in [-0.2, 0) is 13.1 Å². The van der Waals surface area contributed by atoms with E-state index in [1.165, 1.54) is 0 Å². The van der Waals surface area contributed by atoms with Gasteiger partial charge in [-0.15, -0.1) is 0 Å². The minimum atomic E-state index is -0.254. The van der Waals surface area contributed by atoms with Gasteiger partial charge < -0.3 is 25.2 Å². The first-order valence-electron chi connectivity index (χ1n) is 12.3. The molecule has 2 aromatic heterocycles. The van der Waals surface area contributed by atoms with Crippen molar-refractivity contribution in [3.05, 3.63) is 95.4 Å². The molecule has 2 aliphatic rings. The Kier molecular flexibility index (Phi) is 6.26. The number of hydrogen-bond acceptors (Lipinski definition) is 7. The molecule has 3 N–H and O–H groups in total. The molecule has 0 aliphatic carbocycles. The first-order chi connectivity index (χ1) is 18.2. The van der Waals surface area contributed by atoms with Crippen LogP contribution in [0.15, 0.2) is 73.1 Å². The van der Waals surface area contributed by atoms with E-state index in [9.17, 15) is 9.90 Å². The first kappa shape index (κ1) is 23.1. The minimum Gasteiger partial charge on any atom is -0.454 e. The molecule has 4 aromatic rings. The number of ether oxygens (including phenoxy) is 2. The lowest BCUT2D eigenvalue weighted by atomic mass is 9.94. The topological polar surface area (TPSA) is 106 Å². The zero-order valence-electron chi connectivity index (χ0n) is 20.1. The molecular formula is C29H26N4O4. The smallest absolute Gasteiger partial charge is 0.270 e. The molecule has 1 atom stereocenters. The van der Waals surface area contributed by atoms with E-state index in [0.29, 0.717) is 36.7 Å². The second kappa shape index (κ2) is 10.0. The van der Waals surface area contributed by atoms with E-state index >= 15 is 0 Å². The Labute approximate surface area is 214 Å². The van der Waals surface area contributed by atoms with Crippen LogP contribution in [0.5, 0.6) is 11.5 Å². The number of hydrogen-bond donors (Lipinski definition) is 3. The fourth-order valence-electron chi connectivity index (χ4n) is 4.89. The third kappa shape index (κ3) is 4.64. The number of aliphatic hydroxyl groups excluding tert-OH is 1. The number of fused-ring (bicyclic) bond motifs is 2. The number of benzene rings is 2. The standard InChI is InChI=1S/C29H26N4O4/c34-10-8-23-27-22(16-31-23)13-24(29(35)32-14-18-6-7-25-26(11-18)37-17-36-25)33-28(27)20-4-1-3-19(12-20)21-5-2-9-30-15-21/h1-7,9,11-13,15,23,31,34H,8,10,14,16-17H2,(H,32,35)/t23-/m1/s1. The summed E-state index contributed by atoms with van der Waals surface area (Å²) in [5.41, 5.74) is 7.00. The van der Waals surface area contributed by atoms with Crippen LogP contribution < -0.4 is 20.1 Å². The summed E-state index contributed by atoms with van der Waals surface area (Å²) in [6, 6.07) is 19.5. The number of aliphatic hydroxyl groups is 1.